The lowest BCUT2D eigenvalue weighted by Gasteiger charge is -2.40. The lowest BCUT2D eigenvalue weighted by Crippen LogP contribution is -2.53. The molecule has 4 rings (SSSR count). The average molecular weight is 497 g/mol. The number of hydrogen-bond donors (Lipinski definition) is 1. The molecule has 0 bridgehead atoms. The predicted octanol–water partition coefficient (Wildman–Crippen LogP) is 4.24. The van der Waals surface area contributed by atoms with Crippen LogP contribution in [0.3, 0.4) is 0 Å². The van der Waals surface area contributed by atoms with Gasteiger partial charge in [0.25, 0.3) is 0 Å². The van der Waals surface area contributed by atoms with Gasteiger partial charge in [0.05, 0.1) is 0 Å². The van der Waals surface area contributed by atoms with Gasteiger partial charge < -0.3 is 14.9 Å². The number of amides is 1. The van der Waals surface area contributed by atoms with Crippen molar-refractivity contribution in [2.24, 2.45) is 5.92 Å². The molecule has 2 aromatic carbocycles. The summed E-state index contributed by atoms with van der Waals surface area (Å²) in [5.41, 5.74) is -1.71. The second-order valence-electron chi connectivity index (χ2n) is 8.72. The summed E-state index contributed by atoms with van der Waals surface area (Å²) in [4.78, 5) is 17.3. The fraction of sp³-hybridized carbons (Fsp3) is 0.480. The molecule has 1 atom stereocenters. The van der Waals surface area contributed by atoms with E-state index < -0.39 is 41.3 Å². The maximum Gasteiger partial charge on any atom is 0.417 e. The molecule has 1 aliphatic carbocycles. The standard InChI is InChI=1S/C19H25F3N2O3S.C6H6/c1-28(27)16-4-2-3-15(13-16)23-9-11-24(12-10-23)17(25)14-5-7-18(26,8-6-14)19(20,21)22;1-2-4-6-5-3-1/h2-4,13-14,26H,5-12H2,1H3;1-6H. The van der Waals surface area contributed by atoms with E-state index in [0.717, 1.165) is 10.6 Å². The van der Waals surface area contributed by atoms with Crippen LogP contribution in [-0.2, 0) is 15.6 Å². The molecule has 186 valence electrons. The smallest absolute Gasteiger partial charge is 0.380 e. The third kappa shape index (κ3) is 6.60. The third-order valence-corrected chi connectivity index (χ3v) is 7.38. The minimum atomic E-state index is -4.65. The van der Waals surface area contributed by atoms with E-state index in [9.17, 15) is 27.3 Å². The van der Waals surface area contributed by atoms with Gasteiger partial charge in [0.2, 0.25) is 5.91 Å². The van der Waals surface area contributed by atoms with Crippen molar-refractivity contribution in [2.45, 2.75) is 42.4 Å². The molecule has 1 heterocycles. The first-order valence-electron chi connectivity index (χ1n) is 11.4. The monoisotopic (exact) mass is 496 g/mol. The Labute approximate surface area is 201 Å². The Kier molecular flexibility index (Phi) is 8.76. The maximum absolute atomic E-state index is 12.9. The van der Waals surface area contributed by atoms with E-state index in [2.05, 4.69) is 4.90 Å². The zero-order valence-electron chi connectivity index (χ0n) is 19.2. The average Bonchev–Trinajstić information content (AvgIpc) is 2.85. The predicted molar refractivity (Wildman–Crippen MR) is 127 cm³/mol. The fourth-order valence-corrected chi connectivity index (χ4v) is 4.87. The summed E-state index contributed by atoms with van der Waals surface area (Å²) >= 11 is 0. The zero-order valence-corrected chi connectivity index (χ0v) is 20.0. The van der Waals surface area contributed by atoms with Gasteiger partial charge in [-0.15, -0.1) is 0 Å². The topological polar surface area (TPSA) is 60.9 Å². The van der Waals surface area contributed by atoms with Crippen molar-refractivity contribution in [3.8, 4) is 0 Å². The fourth-order valence-electron chi connectivity index (χ4n) is 4.31. The summed E-state index contributed by atoms with van der Waals surface area (Å²) in [7, 11) is -1.07. The number of piperazine rings is 1. The van der Waals surface area contributed by atoms with E-state index >= 15 is 0 Å². The van der Waals surface area contributed by atoms with Crippen molar-refractivity contribution in [1.82, 2.24) is 4.90 Å². The van der Waals surface area contributed by atoms with Crippen molar-refractivity contribution in [1.29, 1.82) is 0 Å². The van der Waals surface area contributed by atoms with Gasteiger partial charge in [-0.3, -0.25) is 9.00 Å². The molecule has 2 fully saturated rings. The Bertz CT molecular complexity index is 929. The van der Waals surface area contributed by atoms with Crippen LogP contribution >= 0.6 is 0 Å². The molecule has 9 heteroatoms. The molecular formula is C25H31F3N2O3S. The molecule has 2 aromatic rings. The summed E-state index contributed by atoms with van der Waals surface area (Å²) in [5.74, 6) is -0.577. The summed E-state index contributed by atoms with van der Waals surface area (Å²) < 4.78 is 50.4. The Morgan fingerprint density at radius 3 is 1.97 bits per heavy atom. The van der Waals surface area contributed by atoms with Gasteiger partial charge in [-0.1, -0.05) is 42.5 Å². The first-order valence-corrected chi connectivity index (χ1v) is 12.9. The largest absolute Gasteiger partial charge is 0.417 e. The molecule has 1 unspecified atom stereocenters. The molecule has 5 nitrogen and oxygen atoms in total. The van der Waals surface area contributed by atoms with Crippen LogP contribution in [0.1, 0.15) is 25.7 Å². The Morgan fingerprint density at radius 2 is 1.50 bits per heavy atom. The van der Waals surface area contributed by atoms with E-state index in [4.69, 9.17) is 0 Å². The van der Waals surface area contributed by atoms with Gasteiger partial charge in [-0.05, 0) is 43.9 Å². The second-order valence-corrected chi connectivity index (χ2v) is 10.1. The first kappa shape index (κ1) is 26.2. The number of anilines is 1. The minimum Gasteiger partial charge on any atom is -0.380 e. The summed E-state index contributed by atoms with van der Waals surface area (Å²) in [5, 5.41) is 9.76. The quantitative estimate of drug-likeness (QED) is 0.691. The number of aliphatic hydroxyl groups is 1. The molecule has 0 spiro atoms. The van der Waals surface area contributed by atoms with E-state index in [-0.39, 0.29) is 18.7 Å². The van der Waals surface area contributed by atoms with Crippen molar-refractivity contribution < 1.29 is 27.3 Å². The number of carbonyl (C=O) groups is 1. The van der Waals surface area contributed by atoms with Crippen LogP contribution in [0.5, 0.6) is 0 Å². The number of halogens is 3. The first-order chi connectivity index (χ1) is 16.1. The number of hydrogen-bond acceptors (Lipinski definition) is 4. The van der Waals surface area contributed by atoms with Gasteiger partial charge in [0.1, 0.15) is 0 Å². The minimum absolute atomic E-state index is 0.0550. The number of carbonyl (C=O) groups excluding carboxylic acids is 1. The molecule has 1 saturated heterocycles. The molecule has 1 aliphatic heterocycles. The van der Waals surface area contributed by atoms with Crippen LogP contribution in [0, 0.1) is 5.92 Å². The summed E-state index contributed by atoms with van der Waals surface area (Å²) in [6.07, 6.45) is -3.76. The number of nitrogens with zero attached hydrogens (tertiary/aromatic N) is 2. The highest BCUT2D eigenvalue weighted by molar-refractivity contribution is 7.84. The van der Waals surface area contributed by atoms with Gasteiger partial charge in [-0.25, -0.2) is 0 Å². The van der Waals surface area contributed by atoms with Gasteiger partial charge in [0, 0.05) is 59.7 Å². The van der Waals surface area contributed by atoms with Crippen LogP contribution in [0.4, 0.5) is 18.9 Å². The number of alkyl halides is 3. The molecule has 2 aliphatic rings. The van der Waals surface area contributed by atoms with E-state index in [0.29, 0.717) is 26.2 Å². The van der Waals surface area contributed by atoms with Crippen molar-refractivity contribution in [2.75, 3.05) is 37.3 Å². The highest BCUT2D eigenvalue weighted by Crippen LogP contribution is 2.43. The van der Waals surface area contributed by atoms with E-state index in [1.807, 2.05) is 60.7 Å². The SMILES string of the molecule is CS(=O)c1cccc(N2CCN(C(=O)C3CCC(O)(C(F)(F)F)CC3)CC2)c1.c1ccccc1. The van der Waals surface area contributed by atoms with Crippen LogP contribution in [-0.4, -0.2) is 64.3 Å². The Balaban J connectivity index is 0.000000469. The number of benzene rings is 2. The maximum atomic E-state index is 12.9. The van der Waals surface area contributed by atoms with Gasteiger partial charge >= 0.3 is 6.18 Å². The molecule has 0 radical (unpaired) electrons. The van der Waals surface area contributed by atoms with Crippen LogP contribution in [0.15, 0.2) is 65.6 Å². The molecule has 0 aromatic heterocycles. The van der Waals surface area contributed by atoms with Crippen molar-refractivity contribution in [3.63, 3.8) is 0 Å². The Hall–Kier alpha value is -2.39. The second kappa shape index (κ2) is 11.4. The molecule has 1 saturated carbocycles. The number of rotatable bonds is 3. The van der Waals surface area contributed by atoms with Crippen LogP contribution in [0.2, 0.25) is 0 Å². The van der Waals surface area contributed by atoms with Gasteiger partial charge in [-0.2, -0.15) is 13.2 Å². The summed E-state index contributed by atoms with van der Waals surface area (Å²) in [6.45, 7) is 2.23. The molecule has 34 heavy (non-hydrogen) atoms. The van der Waals surface area contributed by atoms with Crippen LogP contribution < -0.4 is 4.90 Å². The zero-order chi connectivity index (χ0) is 24.8. The third-order valence-electron chi connectivity index (χ3n) is 6.46. The van der Waals surface area contributed by atoms with Gasteiger partial charge in [0.15, 0.2) is 5.60 Å². The van der Waals surface area contributed by atoms with Crippen molar-refractivity contribution in [3.05, 3.63) is 60.7 Å². The normalized spacial score (nSPS) is 24.1. The van der Waals surface area contributed by atoms with E-state index in [1.165, 1.54) is 0 Å². The highest BCUT2D eigenvalue weighted by Gasteiger charge is 2.55. The molecular weight excluding hydrogens is 465 g/mol. The lowest BCUT2D eigenvalue weighted by atomic mass is 9.78. The lowest BCUT2D eigenvalue weighted by molar-refractivity contribution is -0.271. The Morgan fingerprint density at radius 1 is 0.971 bits per heavy atom. The van der Waals surface area contributed by atoms with Crippen molar-refractivity contribution >= 4 is 22.4 Å². The molecule has 1 amide bonds. The van der Waals surface area contributed by atoms with E-state index in [1.54, 1.807) is 11.2 Å². The van der Waals surface area contributed by atoms with Crippen LogP contribution in [0.25, 0.3) is 0 Å². The molecule has 1 N–H and O–H groups in total. The highest BCUT2D eigenvalue weighted by atomic mass is 32.2. The summed E-state index contributed by atoms with van der Waals surface area (Å²) in [6, 6.07) is 19.5.